The summed E-state index contributed by atoms with van der Waals surface area (Å²) in [5, 5.41) is 11.9. The summed E-state index contributed by atoms with van der Waals surface area (Å²) in [6.45, 7) is 4.31. The van der Waals surface area contributed by atoms with E-state index in [9.17, 15) is 10.0 Å². The van der Waals surface area contributed by atoms with Crippen molar-refractivity contribution in [3.63, 3.8) is 0 Å². The van der Waals surface area contributed by atoms with Crippen LogP contribution in [0.4, 0.5) is 4.79 Å². The molecule has 0 aliphatic carbocycles. The molecule has 20 heavy (non-hydrogen) atoms. The van der Waals surface area contributed by atoms with Crippen molar-refractivity contribution in [2.75, 3.05) is 27.7 Å². The second-order valence-electron chi connectivity index (χ2n) is 5.06. The van der Waals surface area contributed by atoms with E-state index in [-0.39, 0.29) is 18.4 Å². The number of ether oxygens (including phenoxy) is 1. The van der Waals surface area contributed by atoms with Gasteiger partial charge in [0.2, 0.25) is 0 Å². The van der Waals surface area contributed by atoms with Crippen molar-refractivity contribution in [3.05, 3.63) is 35.0 Å². The number of hydrogen-bond donors (Lipinski definition) is 0. The largest absolute Gasteiger partial charge is 0.633 e. The zero-order valence-electron chi connectivity index (χ0n) is 12.6. The summed E-state index contributed by atoms with van der Waals surface area (Å²) in [6, 6.07) is 6.88. The number of hydrogen-bond acceptors (Lipinski definition) is 3. The topological polar surface area (TPSA) is 52.6 Å². The van der Waals surface area contributed by atoms with Gasteiger partial charge in [0.25, 0.3) is 0 Å². The molecule has 0 N–H and O–H groups in total. The molecule has 0 aromatic heterocycles. The minimum atomic E-state index is -0.424. The highest BCUT2D eigenvalue weighted by atomic mass is 35.5. The average molecular weight is 303 g/mol. The van der Waals surface area contributed by atoms with E-state index < -0.39 is 10.7 Å². The van der Waals surface area contributed by atoms with Gasteiger partial charge in [0, 0.05) is 19.2 Å². The van der Waals surface area contributed by atoms with E-state index in [4.69, 9.17) is 4.74 Å². The fourth-order valence-corrected chi connectivity index (χ4v) is 1.50. The van der Waals surface area contributed by atoms with Crippen molar-refractivity contribution in [1.82, 2.24) is 4.90 Å². The molecular weight excluding hydrogens is 280 g/mol. The summed E-state index contributed by atoms with van der Waals surface area (Å²) in [4.78, 5) is 13.1. The summed E-state index contributed by atoms with van der Waals surface area (Å²) in [5.41, 5.74) is 0.851. The molecule has 1 rings (SSSR count). The Hall–Kier alpha value is -1.30. The summed E-state index contributed by atoms with van der Waals surface area (Å²) >= 11 is 0. The van der Waals surface area contributed by atoms with E-state index in [1.807, 2.05) is 19.9 Å². The Labute approximate surface area is 126 Å². The predicted octanol–water partition coefficient (Wildman–Crippen LogP) is 3.19. The zero-order valence-corrected chi connectivity index (χ0v) is 13.4. The summed E-state index contributed by atoms with van der Waals surface area (Å²) in [7, 11) is 4.86. The van der Waals surface area contributed by atoms with Gasteiger partial charge in [-0.25, -0.2) is 4.79 Å². The van der Waals surface area contributed by atoms with Crippen molar-refractivity contribution in [2.24, 2.45) is 0 Å². The molecule has 0 spiro atoms. The molecule has 0 aliphatic rings. The van der Waals surface area contributed by atoms with Gasteiger partial charge >= 0.3 is 6.09 Å². The first kappa shape index (κ1) is 18.7. The Morgan fingerprint density at radius 3 is 2.55 bits per heavy atom. The molecule has 1 atom stereocenters. The third kappa shape index (κ3) is 5.00. The standard InChI is InChI=1S/C14H22N2O3.ClH/c1-6-15(3)14(17)19-13-9-7-8-12(10-13)11(2)16(4,5)18;/h7-11H,6H2,1-5H3;1H/t11-;/m0./s1. The predicted molar refractivity (Wildman–Crippen MR) is 81.9 cm³/mol. The molecule has 1 aromatic carbocycles. The number of quaternary nitrogens is 1. The van der Waals surface area contributed by atoms with E-state index in [0.717, 1.165) is 5.56 Å². The van der Waals surface area contributed by atoms with Crippen LogP contribution in [-0.4, -0.2) is 43.3 Å². The molecular formula is C14H23ClN2O3. The average Bonchev–Trinajstić information content (AvgIpc) is 2.36. The molecule has 0 saturated carbocycles. The van der Waals surface area contributed by atoms with Gasteiger partial charge in [-0.1, -0.05) is 12.1 Å². The molecule has 0 bridgehead atoms. The molecule has 114 valence electrons. The van der Waals surface area contributed by atoms with Gasteiger partial charge < -0.3 is 19.5 Å². The molecule has 1 amide bonds. The third-order valence-electron chi connectivity index (χ3n) is 3.26. The van der Waals surface area contributed by atoms with Gasteiger partial charge in [-0.15, -0.1) is 12.4 Å². The minimum absolute atomic E-state index is 0. The Bertz CT molecular complexity index is 446. The molecule has 0 saturated heterocycles. The van der Waals surface area contributed by atoms with Crippen LogP contribution in [0.1, 0.15) is 25.5 Å². The number of hydroxylamine groups is 3. The van der Waals surface area contributed by atoms with Crippen LogP contribution in [0.5, 0.6) is 5.75 Å². The van der Waals surface area contributed by atoms with Crippen molar-refractivity contribution < 1.29 is 14.2 Å². The maximum absolute atomic E-state index is 11.9. The lowest BCUT2D eigenvalue weighted by molar-refractivity contribution is -0.870. The van der Waals surface area contributed by atoms with Crippen LogP contribution >= 0.6 is 12.4 Å². The fraction of sp³-hybridized carbons (Fsp3) is 0.500. The van der Waals surface area contributed by atoms with Crippen molar-refractivity contribution in [3.8, 4) is 5.75 Å². The lowest BCUT2D eigenvalue weighted by atomic mass is 10.1. The smallest absolute Gasteiger partial charge is 0.414 e. The van der Waals surface area contributed by atoms with Crippen molar-refractivity contribution >= 4 is 18.5 Å². The number of rotatable bonds is 4. The number of halogens is 1. The van der Waals surface area contributed by atoms with E-state index in [1.165, 1.54) is 4.90 Å². The molecule has 0 fully saturated rings. The molecule has 1 aromatic rings. The molecule has 0 aliphatic heterocycles. The fourth-order valence-electron chi connectivity index (χ4n) is 1.50. The minimum Gasteiger partial charge on any atom is -0.633 e. The Balaban J connectivity index is 0.00000361. The summed E-state index contributed by atoms with van der Waals surface area (Å²) < 4.78 is 4.82. The summed E-state index contributed by atoms with van der Waals surface area (Å²) in [6.07, 6.45) is -0.400. The van der Waals surface area contributed by atoms with E-state index >= 15 is 0 Å². The second-order valence-corrected chi connectivity index (χ2v) is 5.06. The highest BCUT2D eigenvalue weighted by Gasteiger charge is 2.18. The zero-order chi connectivity index (χ0) is 14.6. The van der Waals surface area contributed by atoms with Gasteiger partial charge in [-0.3, -0.25) is 0 Å². The van der Waals surface area contributed by atoms with Gasteiger partial charge in [0.05, 0.1) is 14.1 Å². The SMILES string of the molecule is CCN(C)C(=O)Oc1cccc([C@H](C)[N+](C)(C)[O-])c1.Cl. The van der Waals surface area contributed by atoms with Crippen molar-refractivity contribution in [2.45, 2.75) is 19.9 Å². The van der Waals surface area contributed by atoms with Gasteiger partial charge in [0.1, 0.15) is 11.8 Å². The maximum atomic E-state index is 11.9. The quantitative estimate of drug-likeness (QED) is 0.634. The van der Waals surface area contributed by atoms with Crippen LogP contribution in [0.2, 0.25) is 0 Å². The summed E-state index contributed by atoms with van der Waals surface area (Å²) in [5.74, 6) is 0.461. The van der Waals surface area contributed by atoms with Crippen LogP contribution < -0.4 is 4.74 Å². The highest BCUT2D eigenvalue weighted by Crippen LogP contribution is 2.26. The van der Waals surface area contributed by atoms with E-state index in [2.05, 4.69) is 0 Å². The van der Waals surface area contributed by atoms with Crippen LogP contribution in [0.15, 0.2) is 24.3 Å². The van der Waals surface area contributed by atoms with Crippen molar-refractivity contribution in [1.29, 1.82) is 0 Å². The first-order chi connectivity index (χ1) is 8.75. The number of nitrogens with zero attached hydrogens (tertiary/aromatic N) is 2. The first-order valence-corrected chi connectivity index (χ1v) is 6.33. The lowest BCUT2D eigenvalue weighted by Crippen LogP contribution is -2.35. The number of carbonyl (C=O) groups is 1. The highest BCUT2D eigenvalue weighted by molar-refractivity contribution is 5.85. The van der Waals surface area contributed by atoms with E-state index in [0.29, 0.717) is 12.3 Å². The van der Waals surface area contributed by atoms with Gasteiger partial charge in [-0.05, 0) is 26.0 Å². The Morgan fingerprint density at radius 1 is 1.45 bits per heavy atom. The molecule has 0 unspecified atom stereocenters. The molecule has 0 heterocycles. The Morgan fingerprint density at radius 2 is 2.05 bits per heavy atom. The van der Waals surface area contributed by atoms with Crippen LogP contribution in [0, 0.1) is 5.21 Å². The number of carbonyl (C=O) groups excluding carboxylic acids is 1. The Kier molecular flexibility index (Phi) is 6.99. The number of amides is 1. The molecule has 5 nitrogen and oxygen atoms in total. The molecule has 0 radical (unpaired) electrons. The van der Waals surface area contributed by atoms with Crippen LogP contribution in [-0.2, 0) is 0 Å². The normalized spacial score (nSPS) is 12.3. The third-order valence-corrected chi connectivity index (χ3v) is 3.26. The second kappa shape index (κ2) is 7.47. The monoisotopic (exact) mass is 302 g/mol. The van der Waals surface area contributed by atoms with E-state index in [1.54, 1.807) is 39.3 Å². The van der Waals surface area contributed by atoms with Crippen LogP contribution in [0.25, 0.3) is 0 Å². The number of benzene rings is 1. The molecule has 6 heteroatoms. The first-order valence-electron chi connectivity index (χ1n) is 6.33. The lowest BCUT2D eigenvalue weighted by Gasteiger charge is -2.40. The van der Waals surface area contributed by atoms with Gasteiger partial charge in [-0.2, -0.15) is 0 Å². The van der Waals surface area contributed by atoms with Crippen LogP contribution in [0.3, 0.4) is 0 Å². The van der Waals surface area contributed by atoms with Gasteiger partial charge in [0.15, 0.2) is 0 Å². The maximum Gasteiger partial charge on any atom is 0.414 e.